The number of carbonyl (C=O) groups is 2. The number of ether oxygens (including phenoxy) is 2. The zero-order valence-electron chi connectivity index (χ0n) is 21.3. The first-order valence-corrected chi connectivity index (χ1v) is 12.8. The summed E-state index contributed by atoms with van der Waals surface area (Å²) in [5.74, 6) is -2.08. The number of hydrogen-bond donors (Lipinski definition) is 3. The first-order valence-electron chi connectivity index (χ1n) is 12.4. The van der Waals surface area contributed by atoms with Gasteiger partial charge in [-0.3, -0.25) is 9.59 Å². The monoisotopic (exact) mass is 583 g/mol. The Morgan fingerprint density at radius 3 is 2.48 bits per heavy atom. The van der Waals surface area contributed by atoms with E-state index in [4.69, 9.17) is 21.1 Å². The molecule has 40 heavy (non-hydrogen) atoms. The van der Waals surface area contributed by atoms with Crippen molar-refractivity contribution < 1.29 is 36.6 Å². The van der Waals surface area contributed by atoms with Crippen LogP contribution in [0.1, 0.15) is 25.7 Å². The van der Waals surface area contributed by atoms with Gasteiger partial charge in [0.1, 0.15) is 12.1 Å². The van der Waals surface area contributed by atoms with Gasteiger partial charge in [-0.15, -0.1) is 0 Å². The Labute approximate surface area is 231 Å². The highest BCUT2D eigenvalue weighted by Crippen LogP contribution is 2.38. The van der Waals surface area contributed by atoms with E-state index in [0.717, 1.165) is 0 Å². The van der Waals surface area contributed by atoms with E-state index in [1.807, 2.05) is 0 Å². The molecule has 0 bridgehead atoms. The van der Waals surface area contributed by atoms with E-state index < -0.39 is 17.9 Å². The molecule has 0 unspecified atom stereocenters. The molecule has 214 valence electrons. The minimum Gasteiger partial charge on any atom is -0.493 e. The molecule has 14 heteroatoms. The zero-order chi connectivity index (χ0) is 28.9. The third kappa shape index (κ3) is 7.00. The van der Waals surface area contributed by atoms with E-state index in [9.17, 15) is 27.2 Å². The van der Waals surface area contributed by atoms with Crippen LogP contribution in [0.4, 0.5) is 29.1 Å². The van der Waals surface area contributed by atoms with Gasteiger partial charge in [0.15, 0.2) is 17.3 Å². The maximum atomic E-state index is 14.5. The predicted octanol–water partition coefficient (Wildman–Crippen LogP) is 4.91. The minimum atomic E-state index is -4.96. The lowest BCUT2D eigenvalue weighted by molar-refractivity contribution is -0.173. The summed E-state index contributed by atoms with van der Waals surface area (Å²) in [5, 5.41) is 7.74. The second kappa shape index (κ2) is 12.5. The van der Waals surface area contributed by atoms with Crippen LogP contribution in [0.2, 0.25) is 5.02 Å². The molecule has 0 saturated heterocycles. The van der Waals surface area contributed by atoms with Gasteiger partial charge >= 0.3 is 12.1 Å². The lowest BCUT2D eigenvalue weighted by Gasteiger charge is -2.29. The van der Waals surface area contributed by atoms with Crippen LogP contribution in [-0.2, 0) is 9.59 Å². The number of alkyl halides is 3. The van der Waals surface area contributed by atoms with Gasteiger partial charge in [-0.25, -0.2) is 14.4 Å². The molecule has 0 aliphatic heterocycles. The van der Waals surface area contributed by atoms with E-state index in [2.05, 4.69) is 20.6 Å². The maximum absolute atomic E-state index is 14.5. The summed E-state index contributed by atoms with van der Waals surface area (Å²) in [6.45, 7) is -0.433. The first kappa shape index (κ1) is 29.1. The van der Waals surface area contributed by atoms with Gasteiger partial charge in [0.05, 0.1) is 29.4 Å². The SMILES string of the molecule is COc1cc2ncnc(Nc3cccc(Cl)c3F)c2cc1O[C@H]1CC[C@@H](C(=O)NCCNC(=O)C(F)(F)F)CC1. The number of methoxy groups -OCH3 is 1. The number of nitrogens with one attached hydrogen (secondary N) is 3. The minimum absolute atomic E-state index is 0.0356. The smallest absolute Gasteiger partial charge is 0.471 e. The molecule has 1 heterocycles. The molecule has 1 aliphatic carbocycles. The van der Waals surface area contributed by atoms with Crippen LogP contribution < -0.4 is 25.4 Å². The fourth-order valence-corrected chi connectivity index (χ4v) is 4.55. The van der Waals surface area contributed by atoms with E-state index in [1.165, 1.54) is 25.6 Å². The Balaban J connectivity index is 1.38. The number of carbonyl (C=O) groups excluding carboxylic acids is 2. The zero-order valence-corrected chi connectivity index (χ0v) is 22.0. The molecule has 1 aromatic heterocycles. The van der Waals surface area contributed by atoms with E-state index in [0.29, 0.717) is 53.9 Å². The normalized spacial score (nSPS) is 17.2. The number of rotatable bonds is 9. The van der Waals surface area contributed by atoms with Gasteiger partial charge in [-0.1, -0.05) is 17.7 Å². The molecule has 0 atom stereocenters. The highest BCUT2D eigenvalue weighted by molar-refractivity contribution is 6.31. The number of anilines is 2. The Kier molecular flexibility index (Phi) is 9.13. The standard InChI is InChI=1S/C26H26ClF4N5O4/c1-39-20-12-19-16(23(35-13-34-19)36-18-4-2-3-17(27)22(18)28)11-21(20)40-15-7-5-14(6-8-15)24(37)32-9-10-33-25(38)26(29,30)31/h2-4,11-15H,5-10H2,1H3,(H,32,37)(H,33,38)(H,34,35,36)/t14-,15+. The number of nitrogens with zero attached hydrogens (tertiary/aromatic N) is 2. The predicted molar refractivity (Wildman–Crippen MR) is 139 cm³/mol. The molecule has 3 N–H and O–H groups in total. The fourth-order valence-electron chi connectivity index (χ4n) is 4.37. The molecule has 1 saturated carbocycles. The van der Waals surface area contributed by atoms with Gasteiger partial charge < -0.3 is 25.4 Å². The van der Waals surface area contributed by atoms with Crippen LogP contribution >= 0.6 is 11.6 Å². The Morgan fingerprint density at radius 2 is 1.77 bits per heavy atom. The van der Waals surface area contributed by atoms with Crippen molar-refractivity contribution in [3.05, 3.63) is 47.5 Å². The summed E-state index contributed by atoms with van der Waals surface area (Å²) < 4.78 is 62.9. The molecule has 1 aliphatic rings. The van der Waals surface area contributed by atoms with Gasteiger partial charge in [-0.05, 0) is 43.9 Å². The molecule has 9 nitrogen and oxygen atoms in total. The van der Waals surface area contributed by atoms with Crippen molar-refractivity contribution in [1.82, 2.24) is 20.6 Å². The van der Waals surface area contributed by atoms with Gasteiger partial charge in [0.25, 0.3) is 0 Å². The number of aromatic nitrogens is 2. The lowest BCUT2D eigenvalue weighted by Crippen LogP contribution is -2.42. The lowest BCUT2D eigenvalue weighted by atomic mass is 9.86. The Bertz CT molecular complexity index is 1380. The molecule has 0 radical (unpaired) electrons. The summed E-state index contributed by atoms with van der Waals surface area (Å²) >= 11 is 5.90. The van der Waals surface area contributed by atoms with Crippen molar-refractivity contribution in [2.24, 2.45) is 5.92 Å². The second-order valence-electron chi connectivity index (χ2n) is 9.11. The van der Waals surface area contributed by atoms with E-state index >= 15 is 0 Å². The van der Waals surface area contributed by atoms with E-state index in [1.54, 1.807) is 23.5 Å². The van der Waals surface area contributed by atoms with Crippen molar-refractivity contribution in [3.8, 4) is 11.5 Å². The fraction of sp³-hybridized carbons (Fsp3) is 0.385. The number of halogens is 5. The number of hydrogen-bond acceptors (Lipinski definition) is 7. The average molecular weight is 584 g/mol. The summed E-state index contributed by atoms with van der Waals surface area (Å²) in [4.78, 5) is 31.8. The summed E-state index contributed by atoms with van der Waals surface area (Å²) in [6.07, 6.45) is -1.74. The van der Waals surface area contributed by atoms with Crippen LogP contribution in [0.15, 0.2) is 36.7 Å². The topological polar surface area (TPSA) is 114 Å². The Hall–Kier alpha value is -3.87. The van der Waals surface area contributed by atoms with Crippen molar-refractivity contribution in [1.29, 1.82) is 0 Å². The van der Waals surface area contributed by atoms with Gasteiger partial charge in [-0.2, -0.15) is 13.2 Å². The second-order valence-corrected chi connectivity index (χ2v) is 9.51. The molecular weight excluding hydrogens is 558 g/mol. The summed E-state index contributed by atoms with van der Waals surface area (Å²) in [6, 6.07) is 7.96. The van der Waals surface area contributed by atoms with Crippen LogP contribution in [0.3, 0.4) is 0 Å². The van der Waals surface area contributed by atoms with Crippen molar-refractivity contribution in [3.63, 3.8) is 0 Å². The highest BCUT2D eigenvalue weighted by atomic mass is 35.5. The van der Waals surface area contributed by atoms with Crippen LogP contribution in [0, 0.1) is 11.7 Å². The van der Waals surface area contributed by atoms with Gasteiger partial charge in [0, 0.05) is 30.5 Å². The first-order chi connectivity index (χ1) is 19.1. The van der Waals surface area contributed by atoms with Gasteiger partial charge in [0.2, 0.25) is 5.91 Å². The van der Waals surface area contributed by atoms with E-state index in [-0.39, 0.29) is 41.7 Å². The molecular formula is C26H26ClF4N5O4. The maximum Gasteiger partial charge on any atom is 0.471 e. The number of benzene rings is 2. The summed E-state index contributed by atoms with van der Waals surface area (Å²) in [5.41, 5.74) is 0.682. The molecule has 2 amide bonds. The largest absolute Gasteiger partial charge is 0.493 e. The molecule has 0 spiro atoms. The third-order valence-corrected chi connectivity index (χ3v) is 6.72. The highest BCUT2D eigenvalue weighted by Gasteiger charge is 2.38. The van der Waals surface area contributed by atoms with Crippen LogP contribution in [-0.4, -0.2) is 54.3 Å². The quantitative estimate of drug-likeness (QED) is 0.242. The number of fused-ring (bicyclic) bond motifs is 1. The number of amides is 2. The van der Waals surface area contributed by atoms with Crippen LogP contribution in [0.5, 0.6) is 11.5 Å². The molecule has 2 aromatic carbocycles. The average Bonchev–Trinajstić information content (AvgIpc) is 2.93. The van der Waals surface area contributed by atoms with Crippen LogP contribution in [0.25, 0.3) is 10.9 Å². The summed E-state index contributed by atoms with van der Waals surface area (Å²) in [7, 11) is 1.49. The Morgan fingerprint density at radius 1 is 1.05 bits per heavy atom. The van der Waals surface area contributed by atoms with Crippen molar-refractivity contribution in [2.75, 3.05) is 25.5 Å². The van der Waals surface area contributed by atoms with Crippen molar-refractivity contribution >= 4 is 45.8 Å². The molecule has 3 aromatic rings. The molecule has 4 rings (SSSR count). The molecule has 1 fully saturated rings. The van der Waals surface area contributed by atoms with Crippen molar-refractivity contribution in [2.45, 2.75) is 38.0 Å². The third-order valence-electron chi connectivity index (χ3n) is 6.43.